The second kappa shape index (κ2) is 4.53. The van der Waals surface area contributed by atoms with Crippen molar-refractivity contribution in [2.24, 2.45) is 0 Å². The van der Waals surface area contributed by atoms with Gasteiger partial charge in [0.05, 0.1) is 17.7 Å². The van der Waals surface area contributed by atoms with E-state index in [1.54, 1.807) is 6.92 Å². The number of hydrogen-bond donors (Lipinski definition) is 0. The molecule has 4 nitrogen and oxygen atoms in total. The highest BCUT2D eigenvalue weighted by molar-refractivity contribution is 6.33. The number of pyridine rings is 1. The van der Waals surface area contributed by atoms with Crippen LogP contribution in [0.3, 0.4) is 0 Å². The van der Waals surface area contributed by atoms with Crippen molar-refractivity contribution in [3.8, 4) is 0 Å². The third-order valence-corrected chi connectivity index (χ3v) is 2.77. The van der Waals surface area contributed by atoms with E-state index in [-0.39, 0.29) is 16.1 Å². The minimum Gasteiger partial charge on any atom is -0.465 e. The molecule has 0 fully saturated rings. The maximum atomic E-state index is 11.9. The summed E-state index contributed by atoms with van der Waals surface area (Å²) in [6, 6.07) is 1.24. The molecular weight excluding hydrogens is 242 g/mol. The van der Waals surface area contributed by atoms with E-state index in [1.165, 1.54) is 17.7 Å². The molecule has 0 aliphatic carbocycles. The fraction of sp³-hybridized carbons (Fsp3) is 0.500. The summed E-state index contributed by atoms with van der Waals surface area (Å²) in [5.74, 6) is -0.537. The molecule has 0 aliphatic heterocycles. The van der Waals surface area contributed by atoms with Gasteiger partial charge >= 0.3 is 5.97 Å². The number of ether oxygens (including phenoxy) is 1. The number of aromatic nitrogens is 1. The van der Waals surface area contributed by atoms with Gasteiger partial charge in [-0.2, -0.15) is 0 Å². The fourth-order valence-corrected chi connectivity index (χ4v) is 2.18. The first-order chi connectivity index (χ1) is 7.70. The molecule has 5 heteroatoms. The smallest absolute Gasteiger partial charge is 0.341 e. The lowest BCUT2D eigenvalue weighted by molar-refractivity contribution is 0.0598. The number of halogens is 1. The molecule has 0 saturated heterocycles. The summed E-state index contributed by atoms with van der Waals surface area (Å²) in [5, 5.41) is 0.125. The normalized spacial score (nSPS) is 11.4. The Hall–Kier alpha value is -1.29. The maximum absolute atomic E-state index is 11.9. The molecular formula is C12H16ClNO3. The minimum atomic E-state index is -0.537. The Morgan fingerprint density at radius 2 is 1.94 bits per heavy atom. The molecule has 0 unspecified atom stereocenters. The van der Waals surface area contributed by atoms with Crippen LogP contribution in [-0.2, 0) is 10.3 Å². The Bertz CT molecular complexity index is 512. The summed E-state index contributed by atoms with van der Waals surface area (Å²) in [5.41, 5.74) is 0.104. The molecule has 0 spiro atoms. The lowest BCUT2D eigenvalue weighted by Gasteiger charge is -2.26. The summed E-state index contributed by atoms with van der Waals surface area (Å²) in [7, 11) is 1.28. The van der Waals surface area contributed by atoms with E-state index < -0.39 is 11.5 Å². The molecule has 1 heterocycles. The predicted octanol–water partition coefficient (Wildman–Crippen LogP) is 2.35. The van der Waals surface area contributed by atoms with E-state index in [1.807, 2.05) is 20.8 Å². The standard InChI is InChI=1S/C12H16ClNO3/c1-7-10(11(16)17-5)8(13)6-9(15)14(7)12(2,3)4/h6H,1-5H3. The van der Waals surface area contributed by atoms with E-state index in [0.717, 1.165) is 0 Å². The van der Waals surface area contributed by atoms with Gasteiger partial charge in [0.25, 0.3) is 5.56 Å². The van der Waals surface area contributed by atoms with Gasteiger partial charge in [0.2, 0.25) is 0 Å². The number of carbonyl (C=O) groups excluding carboxylic acids is 1. The van der Waals surface area contributed by atoms with Crippen LogP contribution in [0.25, 0.3) is 0 Å². The van der Waals surface area contributed by atoms with Crippen molar-refractivity contribution in [3.05, 3.63) is 32.7 Å². The van der Waals surface area contributed by atoms with Gasteiger partial charge in [-0.1, -0.05) is 11.6 Å². The van der Waals surface area contributed by atoms with Crippen LogP contribution in [0.4, 0.5) is 0 Å². The van der Waals surface area contributed by atoms with E-state index in [9.17, 15) is 9.59 Å². The van der Waals surface area contributed by atoms with E-state index in [2.05, 4.69) is 4.74 Å². The average molecular weight is 258 g/mol. The molecule has 17 heavy (non-hydrogen) atoms. The quantitative estimate of drug-likeness (QED) is 0.726. The first-order valence-corrected chi connectivity index (χ1v) is 5.59. The van der Waals surface area contributed by atoms with Crippen LogP contribution >= 0.6 is 11.6 Å². The van der Waals surface area contributed by atoms with Gasteiger partial charge in [-0.3, -0.25) is 4.79 Å². The average Bonchev–Trinajstić information content (AvgIpc) is 2.13. The number of carbonyl (C=O) groups is 1. The van der Waals surface area contributed by atoms with Crippen LogP contribution in [0, 0.1) is 6.92 Å². The Morgan fingerprint density at radius 1 is 1.41 bits per heavy atom. The zero-order valence-electron chi connectivity index (χ0n) is 10.6. The monoisotopic (exact) mass is 257 g/mol. The first-order valence-electron chi connectivity index (χ1n) is 5.21. The first kappa shape index (κ1) is 13.8. The van der Waals surface area contributed by atoms with Gasteiger partial charge in [-0.25, -0.2) is 4.79 Å². The zero-order valence-corrected chi connectivity index (χ0v) is 11.4. The zero-order chi connectivity index (χ0) is 13.4. The van der Waals surface area contributed by atoms with Crippen molar-refractivity contribution >= 4 is 17.6 Å². The van der Waals surface area contributed by atoms with Crippen LogP contribution in [0.2, 0.25) is 5.02 Å². The molecule has 0 bridgehead atoms. The number of methoxy groups -OCH3 is 1. The van der Waals surface area contributed by atoms with Crippen LogP contribution < -0.4 is 5.56 Å². The van der Waals surface area contributed by atoms with Gasteiger partial charge in [0.15, 0.2) is 0 Å². The molecule has 0 saturated carbocycles. The van der Waals surface area contributed by atoms with Gasteiger partial charge in [-0.15, -0.1) is 0 Å². The van der Waals surface area contributed by atoms with Crippen LogP contribution in [0.5, 0.6) is 0 Å². The third-order valence-electron chi connectivity index (χ3n) is 2.47. The Labute approximate surface area is 105 Å². The molecule has 1 rings (SSSR count). The fourth-order valence-electron chi connectivity index (χ4n) is 1.88. The summed E-state index contributed by atoms with van der Waals surface area (Å²) in [6.07, 6.45) is 0. The van der Waals surface area contributed by atoms with Crippen LogP contribution in [0.1, 0.15) is 36.8 Å². The number of esters is 1. The van der Waals surface area contributed by atoms with Crippen molar-refractivity contribution in [1.82, 2.24) is 4.57 Å². The number of nitrogens with zero attached hydrogens (tertiary/aromatic N) is 1. The van der Waals surface area contributed by atoms with E-state index in [4.69, 9.17) is 11.6 Å². The predicted molar refractivity (Wildman–Crippen MR) is 66.8 cm³/mol. The van der Waals surface area contributed by atoms with E-state index >= 15 is 0 Å². The molecule has 0 atom stereocenters. The van der Waals surface area contributed by atoms with Gasteiger partial charge in [0.1, 0.15) is 0 Å². The highest BCUT2D eigenvalue weighted by Crippen LogP contribution is 2.22. The summed E-state index contributed by atoms with van der Waals surface area (Å²) in [4.78, 5) is 23.5. The summed E-state index contributed by atoms with van der Waals surface area (Å²) in [6.45, 7) is 7.34. The SMILES string of the molecule is COC(=O)c1c(Cl)cc(=O)n(C(C)(C)C)c1C. The topological polar surface area (TPSA) is 48.3 Å². The summed E-state index contributed by atoms with van der Waals surface area (Å²) < 4.78 is 6.20. The second-order valence-corrected chi connectivity index (χ2v) is 5.20. The molecule has 1 aromatic heterocycles. The maximum Gasteiger partial charge on any atom is 0.341 e. The van der Waals surface area contributed by atoms with E-state index in [0.29, 0.717) is 5.69 Å². The molecule has 0 N–H and O–H groups in total. The van der Waals surface area contributed by atoms with Crippen LogP contribution in [0.15, 0.2) is 10.9 Å². The molecule has 94 valence electrons. The highest BCUT2D eigenvalue weighted by atomic mass is 35.5. The molecule has 0 amide bonds. The Balaban J connectivity index is 3.67. The second-order valence-electron chi connectivity index (χ2n) is 4.79. The van der Waals surface area contributed by atoms with Crippen molar-refractivity contribution in [2.45, 2.75) is 33.2 Å². The lowest BCUT2D eigenvalue weighted by Crippen LogP contribution is -2.36. The third kappa shape index (κ3) is 2.52. The molecule has 0 aliphatic rings. The van der Waals surface area contributed by atoms with Gasteiger partial charge in [-0.05, 0) is 27.7 Å². The molecule has 0 aromatic carbocycles. The van der Waals surface area contributed by atoms with Gasteiger partial charge in [0, 0.05) is 17.3 Å². The highest BCUT2D eigenvalue weighted by Gasteiger charge is 2.24. The Morgan fingerprint density at radius 3 is 2.35 bits per heavy atom. The Kier molecular flexibility index (Phi) is 3.67. The summed E-state index contributed by atoms with van der Waals surface area (Å²) >= 11 is 5.92. The minimum absolute atomic E-state index is 0.125. The van der Waals surface area contributed by atoms with Crippen LogP contribution in [-0.4, -0.2) is 17.6 Å². The van der Waals surface area contributed by atoms with Crippen molar-refractivity contribution in [3.63, 3.8) is 0 Å². The van der Waals surface area contributed by atoms with Gasteiger partial charge < -0.3 is 9.30 Å². The largest absolute Gasteiger partial charge is 0.465 e. The lowest BCUT2D eigenvalue weighted by atomic mass is 10.1. The van der Waals surface area contributed by atoms with Crippen molar-refractivity contribution in [2.75, 3.05) is 7.11 Å². The number of hydrogen-bond acceptors (Lipinski definition) is 3. The molecule has 0 radical (unpaired) electrons. The number of rotatable bonds is 1. The van der Waals surface area contributed by atoms with Crippen molar-refractivity contribution in [1.29, 1.82) is 0 Å². The van der Waals surface area contributed by atoms with Crippen molar-refractivity contribution < 1.29 is 9.53 Å². The molecule has 1 aromatic rings.